The lowest BCUT2D eigenvalue weighted by Crippen LogP contribution is -2.11. The molecule has 0 aliphatic carbocycles. The van der Waals surface area contributed by atoms with Crippen LogP contribution in [0.2, 0.25) is 0 Å². The zero-order valence-electron chi connectivity index (χ0n) is 12.0. The molecule has 0 radical (unpaired) electrons. The Balaban J connectivity index is 2.06. The van der Waals surface area contributed by atoms with Crippen LogP contribution in [0.3, 0.4) is 0 Å². The number of ether oxygens (including phenoxy) is 1. The van der Waals surface area contributed by atoms with Crippen LogP contribution in [0.25, 0.3) is 0 Å². The third-order valence-electron chi connectivity index (χ3n) is 3.34. The van der Waals surface area contributed by atoms with Gasteiger partial charge in [-0.3, -0.25) is 0 Å². The van der Waals surface area contributed by atoms with Crippen LogP contribution in [0.5, 0.6) is 5.75 Å². The highest BCUT2D eigenvalue weighted by Gasteiger charge is 2.12. The number of benzene rings is 2. The van der Waals surface area contributed by atoms with Crippen LogP contribution in [-0.4, -0.2) is 11.7 Å². The average Bonchev–Trinajstić information content (AvgIpc) is 2.42. The predicted molar refractivity (Wildman–Crippen MR) is 77.5 cm³/mol. The zero-order valence-corrected chi connectivity index (χ0v) is 12.0. The fourth-order valence-electron chi connectivity index (χ4n) is 2.05. The van der Waals surface area contributed by atoms with Crippen molar-refractivity contribution in [1.29, 1.82) is 0 Å². The van der Waals surface area contributed by atoms with Gasteiger partial charge in [0.2, 0.25) is 0 Å². The van der Waals surface area contributed by atoms with E-state index in [2.05, 4.69) is 0 Å². The van der Waals surface area contributed by atoms with Crippen LogP contribution < -0.4 is 4.74 Å². The Kier molecular flexibility index (Phi) is 4.40. The van der Waals surface area contributed by atoms with Crippen LogP contribution in [0.4, 0.5) is 4.39 Å². The van der Waals surface area contributed by atoms with Crippen LogP contribution in [0.1, 0.15) is 28.4 Å². The van der Waals surface area contributed by atoms with Crippen molar-refractivity contribution in [1.82, 2.24) is 0 Å². The molecule has 106 valence electrons. The van der Waals surface area contributed by atoms with Crippen LogP contribution in [0, 0.1) is 26.6 Å². The summed E-state index contributed by atoms with van der Waals surface area (Å²) in [7, 11) is 0. The Hall–Kier alpha value is -1.87. The Bertz CT molecular complexity index is 608. The highest BCUT2D eigenvalue weighted by Crippen LogP contribution is 2.22. The van der Waals surface area contributed by atoms with Gasteiger partial charge in [-0.25, -0.2) is 4.39 Å². The normalized spacial score (nSPS) is 12.2. The number of aliphatic hydroxyl groups excluding tert-OH is 1. The highest BCUT2D eigenvalue weighted by atomic mass is 19.1. The fraction of sp³-hybridized carbons (Fsp3) is 0.294. The lowest BCUT2D eigenvalue weighted by molar-refractivity contribution is 0.107. The predicted octanol–water partition coefficient (Wildman–Crippen LogP) is 3.86. The van der Waals surface area contributed by atoms with Gasteiger partial charge >= 0.3 is 0 Å². The molecule has 0 aliphatic rings. The largest absolute Gasteiger partial charge is 0.490 e. The number of hydrogen-bond donors (Lipinski definition) is 1. The third-order valence-corrected chi connectivity index (χ3v) is 3.34. The molecule has 3 heteroatoms. The summed E-state index contributed by atoms with van der Waals surface area (Å²) in [6.45, 7) is 5.73. The molecule has 0 aromatic heterocycles. The molecule has 20 heavy (non-hydrogen) atoms. The number of aryl methyl sites for hydroxylation is 3. The van der Waals surface area contributed by atoms with Crippen molar-refractivity contribution in [2.45, 2.75) is 26.9 Å². The zero-order chi connectivity index (χ0) is 14.7. The minimum absolute atomic E-state index is 0.104. The van der Waals surface area contributed by atoms with E-state index in [9.17, 15) is 9.50 Å². The number of halogens is 1. The minimum atomic E-state index is -0.723. The van der Waals surface area contributed by atoms with Crippen molar-refractivity contribution in [3.05, 3.63) is 64.5 Å². The van der Waals surface area contributed by atoms with Gasteiger partial charge in [0.25, 0.3) is 0 Å². The van der Waals surface area contributed by atoms with Gasteiger partial charge in [-0.15, -0.1) is 0 Å². The van der Waals surface area contributed by atoms with Crippen molar-refractivity contribution < 1.29 is 14.2 Å². The second kappa shape index (κ2) is 6.06. The van der Waals surface area contributed by atoms with Crippen LogP contribution in [-0.2, 0) is 0 Å². The molecule has 0 amide bonds. The SMILES string of the molecule is Cc1ccc(C)c(C(O)COc2ccc(C)c(F)c2)c1. The van der Waals surface area contributed by atoms with Gasteiger partial charge in [0.05, 0.1) is 0 Å². The second-order valence-corrected chi connectivity index (χ2v) is 5.10. The minimum Gasteiger partial charge on any atom is -0.490 e. The maximum atomic E-state index is 13.4. The summed E-state index contributed by atoms with van der Waals surface area (Å²) in [5.74, 6) is 0.126. The van der Waals surface area contributed by atoms with E-state index in [1.807, 2.05) is 32.0 Å². The van der Waals surface area contributed by atoms with Crippen molar-refractivity contribution in [2.24, 2.45) is 0 Å². The highest BCUT2D eigenvalue weighted by molar-refractivity contribution is 5.33. The molecule has 2 nitrogen and oxygen atoms in total. The average molecular weight is 274 g/mol. The van der Waals surface area contributed by atoms with Crippen molar-refractivity contribution >= 4 is 0 Å². The van der Waals surface area contributed by atoms with E-state index in [4.69, 9.17) is 4.74 Å². The lowest BCUT2D eigenvalue weighted by atomic mass is 10.0. The molecule has 0 heterocycles. The molecule has 2 rings (SSSR count). The van der Waals surface area contributed by atoms with E-state index in [-0.39, 0.29) is 12.4 Å². The smallest absolute Gasteiger partial charge is 0.129 e. The number of aliphatic hydroxyl groups is 1. The van der Waals surface area contributed by atoms with Crippen LogP contribution >= 0.6 is 0 Å². The molecule has 0 bridgehead atoms. The van der Waals surface area contributed by atoms with E-state index in [0.717, 1.165) is 16.7 Å². The summed E-state index contributed by atoms with van der Waals surface area (Å²) >= 11 is 0. The quantitative estimate of drug-likeness (QED) is 0.917. The molecule has 0 saturated carbocycles. The molecule has 0 spiro atoms. The Morgan fingerprint density at radius 2 is 1.75 bits per heavy atom. The molecule has 2 aromatic carbocycles. The molecular formula is C17H19FO2. The molecular weight excluding hydrogens is 255 g/mol. The third kappa shape index (κ3) is 3.36. The van der Waals surface area contributed by atoms with Gasteiger partial charge in [-0.1, -0.05) is 29.8 Å². The fourth-order valence-corrected chi connectivity index (χ4v) is 2.05. The standard InChI is InChI=1S/C17H19FO2/c1-11-4-5-12(2)15(8-11)17(19)10-20-14-7-6-13(3)16(18)9-14/h4-9,17,19H,10H2,1-3H3. The summed E-state index contributed by atoms with van der Waals surface area (Å²) in [6.07, 6.45) is -0.723. The summed E-state index contributed by atoms with van der Waals surface area (Å²) in [6, 6.07) is 10.6. The Morgan fingerprint density at radius 3 is 2.45 bits per heavy atom. The number of rotatable bonds is 4. The molecule has 1 unspecified atom stereocenters. The van der Waals surface area contributed by atoms with E-state index < -0.39 is 6.10 Å². The number of hydrogen-bond acceptors (Lipinski definition) is 2. The van der Waals surface area contributed by atoms with Crippen molar-refractivity contribution in [3.63, 3.8) is 0 Å². The van der Waals surface area contributed by atoms with E-state index >= 15 is 0 Å². The van der Waals surface area contributed by atoms with Gasteiger partial charge < -0.3 is 9.84 Å². The van der Waals surface area contributed by atoms with Gasteiger partial charge in [0.15, 0.2) is 0 Å². The first-order valence-corrected chi connectivity index (χ1v) is 6.61. The van der Waals surface area contributed by atoms with Gasteiger partial charge in [0.1, 0.15) is 24.3 Å². The first kappa shape index (κ1) is 14.5. The molecule has 2 aromatic rings. The molecule has 0 aliphatic heterocycles. The molecule has 0 fully saturated rings. The lowest BCUT2D eigenvalue weighted by Gasteiger charge is -2.15. The van der Waals surface area contributed by atoms with Gasteiger partial charge in [0, 0.05) is 6.07 Å². The van der Waals surface area contributed by atoms with Crippen molar-refractivity contribution in [3.8, 4) is 5.75 Å². The summed E-state index contributed by atoms with van der Waals surface area (Å²) < 4.78 is 18.9. The van der Waals surface area contributed by atoms with E-state index in [1.54, 1.807) is 19.1 Å². The van der Waals surface area contributed by atoms with Crippen molar-refractivity contribution in [2.75, 3.05) is 6.61 Å². The summed E-state index contributed by atoms with van der Waals surface area (Å²) in [4.78, 5) is 0. The first-order valence-electron chi connectivity index (χ1n) is 6.61. The first-order chi connectivity index (χ1) is 9.47. The van der Waals surface area contributed by atoms with Gasteiger partial charge in [-0.05, 0) is 43.5 Å². The Morgan fingerprint density at radius 1 is 1.05 bits per heavy atom. The molecule has 1 atom stereocenters. The topological polar surface area (TPSA) is 29.5 Å². The van der Waals surface area contributed by atoms with E-state index in [1.165, 1.54) is 6.07 Å². The molecule has 0 saturated heterocycles. The van der Waals surface area contributed by atoms with Gasteiger partial charge in [-0.2, -0.15) is 0 Å². The summed E-state index contributed by atoms with van der Waals surface area (Å²) in [5.41, 5.74) is 3.53. The maximum Gasteiger partial charge on any atom is 0.129 e. The Labute approximate surface area is 118 Å². The monoisotopic (exact) mass is 274 g/mol. The van der Waals surface area contributed by atoms with E-state index in [0.29, 0.717) is 11.3 Å². The summed E-state index contributed by atoms with van der Waals surface area (Å²) in [5, 5.41) is 10.2. The van der Waals surface area contributed by atoms with Crippen LogP contribution in [0.15, 0.2) is 36.4 Å². The maximum absolute atomic E-state index is 13.4. The molecule has 1 N–H and O–H groups in total. The second-order valence-electron chi connectivity index (χ2n) is 5.10.